The lowest BCUT2D eigenvalue weighted by Crippen LogP contribution is -2.29. The van der Waals surface area contributed by atoms with Crippen LogP contribution in [-0.2, 0) is 12.8 Å². The highest BCUT2D eigenvalue weighted by molar-refractivity contribution is 5.41. The summed E-state index contributed by atoms with van der Waals surface area (Å²) in [5, 5.41) is 0. The van der Waals surface area contributed by atoms with Crippen molar-refractivity contribution in [2.24, 2.45) is 5.84 Å². The summed E-state index contributed by atoms with van der Waals surface area (Å²) in [5.74, 6) is 5.36. The van der Waals surface area contributed by atoms with E-state index in [0.717, 1.165) is 29.4 Å². The largest absolute Gasteiger partial charge is 0.493 e. The fourth-order valence-corrected chi connectivity index (χ4v) is 2.60. The molecule has 0 fully saturated rings. The van der Waals surface area contributed by atoms with E-state index in [-0.39, 0.29) is 6.04 Å². The second-order valence-electron chi connectivity index (χ2n) is 5.12. The molecule has 110 valence electrons. The first-order valence-corrected chi connectivity index (χ1v) is 6.83. The van der Waals surface area contributed by atoms with Crippen molar-refractivity contribution in [1.82, 2.24) is 5.43 Å². The van der Waals surface area contributed by atoms with Crippen LogP contribution in [0.25, 0.3) is 0 Å². The lowest BCUT2D eigenvalue weighted by atomic mass is 9.97. The van der Waals surface area contributed by atoms with Crippen LogP contribution < -0.4 is 16.0 Å². The molecule has 3 nitrogen and oxygen atoms in total. The molecule has 1 aliphatic heterocycles. The van der Waals surface area contributed by atoms with E-state index in [1.807, 2.05) is 18.2 Å². The van der Waals surface area contributed by atoms with Crippen LogP contribution in [0.4, 0.5) is 8.78 Å². The standard InChI is InChI=1S/C16H16F2N2O/c17-13-3-1-10(14(18)9-13)8-15(20-19)11-2-4-16-12(7-11)5-6-21-16/h1-4,7,9,15,20H,5-6,8,19H2. The second kappa shape index (κ2) is 5.79. The van der Waals surface area contributed by atoms with Gasteiger partial charge in [0, 0.05) is 12.5 Å². The minimum Gasteiger partial charge on any atom is -0.493 e. The zero-order valence-corrected chi connectivity index (χ0v) is 11.4. The summed E-state index contributed by atoms with van der Waals surface area (Å²) in [4.78, 5) is 0. The van der Waals surface area contributed by atoms with Crippen molar-refractivity contribution < 1.29 is 13.5 Å². The van der Waals surface area contributed by atoms with Gasteiger partial charge in [-0.25, -0.2) is 8.78 Å². The quantitative estimate of drug-likeness (QED) is 0.672. The summed E-state index contributed by atoms with van der Waals surface area (Å²) in [5.41, 5.74) is 5.22. The molecule has 0 spiro atoms. The zero-order chi connectivity index (χ0) is 14.8. The molecule has 0 saturated carbocycles. The number of ether oxygens (including phenoxy) is 1. The molecular weight excluding hydrogens is 274 g/mol. The third kappa shape index (κ3) is 2.89. The van der Waals surface area contributed by atoms with E-state index >= 15 is 0 Å². The second-order valence-corrected chi connectivity index (χ2v) is 5.12. The van der Waals surface area contributed by atoms with Crippen LogP contribution in [0.1, 0.15) is 22.7 Å². The van der Waals surface area contributed by atoms with E-state index in [1.54, 1.807) is 0 Å². The molecule has 1 atom stereocenters. The number of halogens is 2. The van der Waals surface area contributed by atoms with Crippen molar-refractivity contribution >= 4 is 0 Å². The molecule has 3 N–H and O–H groups in total. The van der Waals surface area contributed by atoms with Gasteiger partial charge in [-0.3, -0.25) is 11.3 Å². The highest BCUT2D eigenvalue weighted by atomic mass is 19.1. The van der Waals surface area contributed by atoms with Crippen molar-refractivity contribution in [2.75, 3.05) is 6.61 Å². The van der Waals surface area contributed by atoms with Gasteiger partial charge in [-0.05, 0) is 35.2 Å². The van der Waals surface area contributed by atoms with E-state index < -0.39 is 11.6 Å². The normalized spacial score (nSPS) is 14.6. The van der Waals surface area contributed by atoms with Crippen LogP contribution in [0.2, 0.25) is 0 Å². The molecule has 3 rings (SSSR count). The Labute approximate surface area is 121 Å². The van der Waals surface area contributed by atoms with Crippen LogP contribution in [0.5, 0.6) is 5.75 Å². The Bertz CT molecular complexity index is 661. The number of rotatable bonds is 4. The van der Waals surface area contributed by atoms with Crippen molar-refractivity contribution in [3.05, 3.63) is 64.7 Å². The van der Waals surface area contributed by atoms with Gasteiger partial charge in [0.1, 0.15) is 17.4 Å². The topological polar surface area (TPSA) is 47.3 Å². The SMILES string of the molecule is NNC(Cc1ccc(F)cc1F)c1ccc2c(c1)CCO2. The van der Waals surface area contributed by atoms with Gasteiger partial charge >= 0.3 is 0 Å². The monoisotopic (exact) mass is 290 g/mol. The van der Waals surface area contributed by atoms with Gasteiger partial charge in [-0.15, -0.1) is 0 Å². The average Bonchev–Trinajstić information content (AvgIpc) is 2.94. The number of hydrazine groups is 1. The van der Waals surface area contributed by atoms with Gasteiger partial charge in [0.25, 0.3) is 0 Å². The molecule has 0 aliphatic carbocycles. The van der Waals surface area contributed by atoms with Crippen molar-refractivity contribution in [1.29, 1.82) is 0 Å². The maximum atomic E-state index is 13.8. The van der Waals surface area contributed by atoms with Crippen LogP contribution in [0, 0.1) is 11.6 Å². The molecule has 1 unspecified atom stereocenters. The smallest absolute Gasteiger partial charge is 0.129 e. The van der Waals surface area contributed by atoms with E-state index in [4.69, 9.17) is 10.6 Å². The summed E-state index contributed by atoms with van der Waals surface area (Å²) in [6.07, 6.45) is 1.22. The Morgan fingerprint density at radius 2 is 2.05 bits per heavy atom. The average molecular weight is 290 g/mol. The minimum atomic E-state index is -0.580. The molecule has 0 radical (unpaired) electrons. The first-order valence-electron chi connectivity index (χ1n) is 6.83. The summed E-state index contributed by atoms with van der Waals surface area (Å²) in [6, 6.07) is 9.19. The van der Waals surface area contributed by atoms with Crippen molar-refractivity contribution in [3.8, 4) is 5.75 Å². The predicted molar refractivity (Wildman–Crippen MR) is 75.8 cm³/mol. The number of benzene rings is 2. The summed E-state index contributed by atoms with van der Waals surface area (Å²) < 4.78 is 32.2. The fourth-order valence-electron chi connectivity index (χ4n) is 2.60. The highest BCUT2D eigenvalue weighted by Crippen LogP contribution is 2.29. The molecule has 1 heterocycles. The van der Waals surface area contributed by atoms with Crippen molar-refractivity contribution in [3.63, 3.8) is 0 Å². The third-order valence-corrected chi connectivity index (χ3v) is 3.76. The Hall–Kier alpha value is -1.98. The van der Waals surface area contributed by atoms with Gasteiger partial charge < -0.3 is 4.74 Å². The van der Waals surface area contributed by atoms with Crippen LogP contribution in [-0.4, -0.2) is 6.61 Å². The molecule has 1 aliphatic rings. The number of nitrogens with two attached hydrogens (primary N) is 1. The summed E-state index contributed by atoms with van der Waals surface area (Å²) in [6.45, 7) is 0.687. The Kier molecular flexibility index (Phi) is 3.86. The van der Waals surface area contributed by atoms with E-state index in [1.165, 1.54) is 12.1 Å². The molecule has 5 heteroatoms. The van der Waals surface area contributed by atoms with Crippen molar-refractivity contribution in [2.45, 2.75) is 18.9 Å². The molecule has 2 aromatic carbocycles. The number of fused-ring (bicyclic) bond motifs is 1. The number of nitrogens with one attached hydrogen (secondary N) is 1. The molecule has 0 amide bonds. The van der Waals surface area contributed by atoms with Crippen LogP contribution >= 0.6 is 0 Å². The van der Waals surface area contributed by atoms with E-state index in [9.17, 15) is 8.78 Å². The summed E-state index contributed by atoms with van der Waals surface area (Å²) in [7, 11) is 0. The van der Waals surface area contributed by atoms with Gasteiger partial charge in [0.2, 0.25) is 0 Å². The van der Waals surface area contributed by atoms with E-state index in [2.05, 4.69) is 5.43 Å². The molecule has 0 saturated heterocycles. The molecule has 0 aromatic heterocycles. The molecule has 21 heavy (non-hydrogen) atoms. The van der Waals surface area contributed by atoms with E-state index in [0.29, 0.717) is 18.6 Å². The first-order chi connectivity index (χ1) is 10.2. The Morgan fingerprint density at radius 1 is 1.19 bits per heavy atom. The first kappa shape index (κ1) is 14.0. The summed E-state index contributed by atoms with van der Waals surface area (Å²) >= 11 is 0. The molecular formula is C16H16F2N2O. The third-order valence-electron chi connectivity index (χ3n) is 3.76. The number of hydrogen-bond acceptors (Lipinski definition) is 3. The van der Waals surface area contributed by atoms with Crippen LogP contribution in [0.3, 0.4) is 0 Å². The number of hydrogen-bond donors (Lipinski definition) is 2. The highest BCUT2D eigenvalue weighted by Gasteiger charge is 2.18. The Balaban J connectivity index is 1.85. The lowest BCUT2D eigenvalue weighted by Gasteiger charge is -2.17. The minimum absolute atomic E-state index is 0.240. The predicted octanol–water partition coefficient (Wildman–Crippen LogP) is 2.65. The zero-order valence-electron chi connectivity index (χ0n) is 11.4. The molecule has 2 aromatic rings. The van der Waals surface area contributed by atoms with Gasteiger partial charge in [0.05, 0.1) is 12.6 Å². The maximum absolute atomic E-state index is 13.8. The van der Waals surface area contributed by atoms with Gasteiger partial charge in [-0.2, -0.15) is 0 Å². The van der Waals surface area contributed by atoms with Crippen LogP contribution in [0.15, 0.2) is 36.4 Å². The maximum Gasteiger partial charge on any atom is 0.129 e. The Morgan fingerprint density at radius 3 is 2.81 bits per heavy atom. The molecule has 0 bridgehead atoms. The van der Waals surface area contributed by atoms with Gasteiger partial charge in [0.15, 0.2) is 0 Å². The van der Waals surface area contributed by atoms with Gasteiger partial charge in [-0.1, -0.05) is 18.2 Å². The fraction of sp³-hybridized carbons (Fsp3) is 0.250. The lowest BCUT2D eigenvalue weighted by molar-refractivity contribution is 0.356.